The summed E-state index contributed by atoms with van der Waals surface area (Å²) < 4.78 is 0. The summed E-state index contributed by atoms with van der Waals surface area (Å²) in [5.74, 6) is -2.85. The van der Waals surface area contributed by atoms with Crippen molar-refractivity contribution in [2.45, 2.75) is 6.04 Å². The molecule has 1 aromatic carbocycles. The number of nitrogens with zero attached hydrogens (tertiary/aromatic N) is 1. The van der Waals surface area contributed by atoms with E-state index < -0.39 is 23.8 Å². The van der Waals surface area contributed by atoms with Gasteiger partial charge in [-0.1, -0.05) is 12.1 Å². The van der Waals surface area contributed by atoms with Crippen LogP contribution in [0.1, 0.15) is 20.7 Å². The number of alkyl halides is 1. The Morgan fingerprint density at radius 1 is 1.24 bits per heavy atom. The van der Waals surface area contributed by atoms with Crippen molar-refractivity contribution in [3.8, 4) is 0 Å². The number of rotatable bonds is 3. The van der Waals surface area contributed by atoms with Crippen LogP contribution in [0.3, 0.4) is 0 Å². The van der Waals surface area contributed by atoms with Gasteiger partial charge in [0, 0.05) is 0 Å². The summed E-state index contributed by atoms with van der Waals surface area (Å²) in [6.45, 7) is 0. The van der Waals surface area contributed by atoms with Crippen LogP contribution in [-0.4, -0.2) is 39.7 Å². The lowest BCUT2D eigenvalue weighted by Crippen LogP contribution is -2.46. The molecule has 1 N–H and O–H groups in total. The molecular formula is C11H8ClNO4. The van der Waals surface area contributed by atoms with Crippen molar-refractivity contribution >= 4 is 29.4 Å². The number of hydrogen-bond acceptors (Lipinski definition) is 3. The van der Waals surface area contributed by atoms with E-state index in [1.165, 1.54) is 12.1 Å². The number of imide groups is 1. The second-order valence-electron chi connectivity index (χ2n) is 3.53. The van der Waals surface area contributed by atoms with Crippen LogP contribution < -0.4 is 0 Å². The van der Waals surface area contributed by atoms with Gasteiger partial charge >= 0.3 is 5.97 Å². The molecule has 88 valence electrons. The number of carbonyl (C=O) groups is 3. The van der Waals surface area contributed by atoms with E-state index in [1.807, 2.05) is 0 Å². The maximum absolute atomic E-state index is 11.9. The highest BCUT2D eigenvalue weighted by Gasteiger charge is 2.42. The van der Waals surface area contributed by atoms with Crippen molar-refractivity contribution in [2.24, 2.45) is 0 Å². The average molecular weight is 254 g/mol. The van der Waals surface area contributed by atoms with Crippen molar-refractivity contribution in [1.29, 1.82) is 0 Å². The summed E-state index contributed by atoms with van der Waals surface area (Å²) in [6.07, 6.45) is 0. The molecule has 2 rings (SSSR count). The van der Waals surface area contributed by atoms with Gasteiger partial charge in [0.2, 0.25) is 0 Å². The van der Waals surface area contributed by atoms with Crippen LogP contribution in [0.2, 0.25) is 0 Å². The zero-order valence-corrected chi connectivity index (χ0v) is 9.35. The van der Waals surface area contributed by atoms with Crippen LogP contribution in [0, 0.1) is 0 Å². The number of carbonyl (C=O) groups excluding carboxylic acids is 2. The van der Waals surface area contributed by atoms with Gasteiger partial charge in [0.05, 0.1) is 17.0 Å². The highest BCUT2D eigenvalue weighted by molar-refractivity contribution is 6.25. The molecule has 17 heavy (non-hydrogen) atoms. The average Bonchev–Trinajstić information content (AvgIpc) is 2.56. The lowest BCUT2D eigenvalue weighted by Gasteiger charge is -2.19. The van der Waals surface area contributed by atoms with Gasteiger partial charge in [0.25, 0.3) is 11.8 Å². The normalized spacial score (nSPS) is 15.9. The van der Waals surface area contributed by atoms with Crippen molar-refractivity contribution in [3.63, 3.8) is 0 Å². The predicted molar refractivity (Wildman–Crippen MR) is 59.1 cm³/mol. The highest BCUT2D eigenvalue weighted by atomic mass is 35.5. The maximum atomic E-state index is 11.9. The molecule has 1 aliphatic heterocycles. The van der Waals surface area contributed by atoms with Gasteiger partial charge in [-0.15, -0.1) is 11.6 Å². The molecule has 1 aliphatic rings. The minimum Gasteiger partial charge on any atom is -0.480 e. The van der Waals surface area contributed by atoms with Gasteiger partial charge < -0.3 is 5.11 Å². The molecule has 1 unspecified atom stereocenters. The summed E-state index contributed by atoms with van der Waals surface area (Å²) in [5.41, 5.74) is 0.433. The Morgan fingerprint density at radius 2 is 1.71 bits per heavy atom. The number of carboxylic acid groups (broad SMARTS) is 1. The Morgan fingerprint density at radius 3 is 2.06 bits per heavy atom. The van der Waals surface area contributed by atoms with E-state index >= 15 is 0 Å². The molecule has 1 atom stereocenters. The topological polar surface area (TPSA) is 74.7 Å². The summed E-state index contributed by atoms with van der Waals surface area (Å²) in [6, 6.07) is 4.88. The van der Waals surface area contributed by atoms with Gasteiger partial charge in [-0.25, -0.2) is 4.79 Å². The Kier molecular flexibility index (Phi) is 2.85. The van der Waals surface area contributed by atoms with Crippen LogP contribution in [0.15, 0.2) is 24.3 Å². The summed E-state index contributed by atoms with van der Waals surface area (Å²) >= 11 is 5.49. The number of halogens is 1. The molecule has 0 bridgehead atoms. The van der Waals surface area contributed by atoms with E-state index in [9.17, 15) is 14.4 Å². The first-order chi connectivity index (χ1) is 8.07. The van der Waals surface area contributed by atoms with Crippen LogP contribution in [0.4, 0.5) is 0 Å². The maximum Gasteiger partial charge on any atom is 0.328 e. The third-order valence-electron chi connectivity index (χ3n) is 2.57. The standard InChI is InChI=1S/C11H8ClNO4/c12-5-8(11(16)17)13-9(14)6-3-1-2-4-7(6)10(13)15/h1-4,8H,5H2,(H,16,17). The minimum absolute atomic E-state index is 0.217. The van der Waals surface area contributed by atoms with E-state index in [0.29, 0.717) is 4.90 Å². The molecule has 0 spiro atoms. The van der Waals surface area contributed by atoms with Crippen molar-refractivity contribution in [2.75, 3.05) is 5.88 Å². The molecular weight excluding hydrogens is 246 g/mol. The molecule has 2 amide bonds. The quantitative estimate of drug-likeness (QED) is 0.644. The number of benzene rings is 1. The fraction of sp³-hybridized carbons (Fsp3) is 0.182. The first kappa shape index (κ1) is 11.6. The van der Waals surface area contributed by atoms with Crippen molar-refractivity contribution in [1.82, 2.24) is 4.90 Å². The van der Waals surface area contributed by atoms with Gasteiger partial charge in [0.15, 0.2) is 6.04 Å². The lowest BCUT2D eigenvalue weighted by atomic mass is 10.1. The largest absolute Gasteiger partial charge is 0.480 e. The molecule has 1 aromatic rings. The van der Waals surface area contributed by atoms with Crippen molar-refractivity contribution in [3.05, 3.63) is 35.4 Å². The number of carboxylic acids is 1. The Hall–Kier alpha value is -1.88. The highest BCUT2D eigenvalue weighted by Crippen LogP contribution is 2.24. The SMILES string of the molecule is O=C(O)C(CCl)N1C(=O)c2ccccc2C1=O. The van der Waals surface area contributed by atoms with Crippen LogP contribution in [0.25, 0.3) is 0 Å². The molecule has 0 saturated heterocycles. The van der Waals surface area contributed by atoms with E-state index in [0.717, 1.165) is 0 Å². The smallest absolute Gasteiger partial charge is 0.328 e. The summed E-state index contributed by atoms with van der Waals surface area (Å²) in [4.78, 5) is 35.4. The van der Waals surface area contributed by atoms with Gasteiger partial charge in [0.1, 0.15) is 0 Å². The van der Waals surface area contributed by atoms with Crippen LogP contribution in [-0.2, 0) is 4.79 Å². The number of amides is 2. The zero-order valence-electron chi connectivity index (χ0n) is 8.59. The fourth-order valence-electron chi connectivity index (χ4n) is 1.74. The molecule has 1 heterocycles. The lowest BCUT2D eigenvalue weighted by molar-refractivity contribution is -0.140. The molecule has 0 radical (unpaired) electrons. The van der Waals surface area contributed by atoms with E-state index in [4.69, 9.17) is 16.7 Å². The Bertz CT molecular complexity index is 479. The van der Waals surface area contributed by atoms with Crippen molar-refractivity contribution < 1.29 is 19.5 Å². The van der Waals surface area contributed by atoms with Gasteiger partial charge in [-0.2, -0.15) is 0 Å². The molecule has 0 aromatic heterocycles. The fourth-order valence-corrected chi connectivity index (χ4v) is 2.01. The molecule has 0 fully saturated rings. The molecule has 0 saturated carbocycles. The first-order valence-electron chi connectivity index (χ1n) is 4.83. The second kappa shape index (κ2) is 4.18. The predicted octanol–water partition coefficient (Wildman–Crippen LogP) is 0.975. The Balaban J connectivity index is 2.46. The molecule has 0 aliphatic carbocycles. The van der Waals surface area contributed by atoms with E-state index in [-0.39, 0.29) is 17.0 Å². The van der Waals surface area contributed by atoms with Gasteiger partial charge in [-0.05, 0) is 12.1 Å². The number of hydrogen-bond donors (Lipinski definition) is 1. The molecule has 6 heteroatoms. The third-order valence-corrected chi connectivity index (χ3v) is 2.86. The third kappa shape index (κ3) is 1.68. The number of fused-ring (bicyclic) bond motifs is 1. The first-order valence-corrected chi connectivity index (χ1v) is 5.37. The number of aliphatic carboxylic acids is 1. The van der Waals surface area contributed by atoms with E-state index in [1.54, 1.807) is 12.1 Å². The van der Waals surface area contributed by atoms with Crippen LogP contribution in [0.5, 0.6) is 0 Å². The minimum atomic E-state index is -1.33. The second-order valence-corrected chi connectivity index (χ2v) is 3.84. The summed E-state index contributed by atoms with van der Waals surface area (Å²) in [5, 5.41) is 8.92. The Labute approximate surface area is 102 Å². The summed E-state index contributed by atoms with van der Waals surface area (Å²) in [7, 11) is 0. The molecule has 5 nitrogen and oxygen atoms in total. The van der Waals surface area contributed by atoms with Crippen LogP contribution >= 0.6 is 11.6 Å². The van der Waals surface area contributed by atoms with Gasteiger partial charge in [-0.3, -0.25) is 14.5 Å². The zero-order chi connectivity index (χ0) is 12.6. The van der Waals surface area contributed by atoms with E-state index in [2.05, 4.69) is 0 Å². The monoisotopic (exact) mass is 253 g/mol.